The van der Waals surface area contributed by atoms with Gasteiger partial charge in [0, 0.05) is 38.2 Å². The Balaban J connectivity index is 2.31. The first-order valence-electron chi connectivity index (χ1n) is 6.20. The number of carbonyl (C=O) groups excluding carboxylic acids is 1. The number of rotatable bonds is 4. The van der Waals surface area contributed by atoms with Crippen LogP contribution < -0.4 is 0 Å². The fourth-order valence-electron chi connectivity index (χ4n) is 2.31. The van der Waals surface area contributed by atoms with Crippen LogP contribution in [0.2, 0.25) is 5.02 Å². The molecule has 0 saturated carbocycles. The van der Waals surface area contributed by atoms with Crippen LogP contribution in [0.4, 0.5) is 0 Å². The van der Waals surface area contributed by atoms with Crippen molar-refractivity contribution < 1.29 is 14.3 Å². The molecule has 1 aromatic rings. The molecule has 1 fully saturated rings. The first-order valence-corrected chi connectivity index (χ1v) is 6.58. The SMILES string of the molecule is CCOC1(C(=O)c2ccccc2Cl)CCOCC1. The van der Waals surface area contributed by atoms with Crippen LogP contribution in [0.5, 0.6) is 0 Å². The Kier molecular flexibility index (Phi) is 4.38. The van der Waals surface area contributed by atoms with Gasteiger partial charge in [-0.2, -0.15) is 0 Å². The second-order valence-corrected chi connectivity index (χ2v) is 4.76. The van der Waals surface area contributed by atoms with Crippen molar-refractivity contribution in [2.75, 3.05) is 19.8 Å². The van der Waals surface area contributed by atoms with Crippen LogP contribution in [0.1, 0.15) is 30.1 Å². The number of ketones is 1. The quantitative estimate of drug-likeness (QED) is 0.787. The summed E-state index contributed by atoms with van der Waals surface area (Å²) in [5, 5.41) is 0.480. The average Bonchev–Trinajstić information content (AvgIpc) is 2.40. The monoisotopic (exact) mass is 268 g/mol. The van der Waals surface area contributed by atoms with E-state index in [1.54, 1.807) is 12.1 Å². The van der Waals surface area contributed by atoms with E-state index in [1.807, 2.05) is 19.1 Å². The maximum Gasteiger partial charge on any atom is 0.196 e. The first kappa shape index (κ1) is 13.5. The number of benzene rings is 1. The lowest BCUT2D eigenvalue weighted by Crippen LogP contribution is -2.46. The first-order chi connectivity index (χ1) is 8.69. The molecule has 18 heavy (non-hydrogen) atoms. The Morgan fingerprint density at radius 1 is 1.39 bits per heavy atom. The van der Waals surface area contributed by atoms with Crippen molar-refractivity contribution in [3.63, 3.8) is 0 Å². The van der Waals surface area contributed by atoms with Gasteiger partial charge in [0.25, 0.3) is 0 Å². The van der Waals surface area contributed by atoms with Crippen LogP contribution >= 0.6 is 11.6 Å². The molecule has 0 spiro atoms. The molecule has 1 aliphatic rings. The van der Waals surface area contributed by atoms with E-state index in [-0.39, 0.29) is 5.78 Å². The zero-order valence-corrected chi connectivity index (χ0v) is 11.2. The number of hydrogen-bond acceptors (Lipinski definition) is 3. The molecular formula is C14H17ClO3. The van der Waals surface area contributed by atoms with Crippen LogP contribution in [-0.4, -0.2) is 31.2 Å². The topological polar surface area (TPSA) is 35.5 Å². The summed E-state index contributed by atoms with van der Waals surface area (Å²) >= 11 is 6.09. The minimum absolute atomic E-state index is 0.0294. The largest absolute Gasteiger partial charge is 0.381 e. The minimum atomic E-state index is -0.766. The Morgan fingerprint density at radius 2 is 2.06 bits per heavy atom. The minimum Gasteiger partial charge on any atom is -0.381 e. The Bertz CT molecular complexity index is 419. The van der Waals surface area contributed by atoms with Crippen LogP contribution in [0.15, 0.2) is 24.3 Å². The van der Waals surface area contributed by atoms with E-state index >= 15 is 0 Å². The summed E-state index contributed by atoms with van der Waals surface area (Å²) in [5.74, 6) is -0.0294. The van der Waals surface area contributed by atoms with Crippen molar-refractivity contribution in [2.45, 2.75) is 25.4 Å². The third-order valence-electron chi connectivity index (χ3n) is 3.25. The van der Waals surface area contributed by atoms with E-state index in [0.29, 0.717) is 43.2 Å². The van der Waals surface area contributed by atoms with Crippen LogP contribution in [0, 0.1) is 0 Å². The summed E-state index contributed by atoms with van der Waals surface area (Å²) in [4.78, 5) is 12.7. The van der Waals surface area contributed by atoms with E-state index in [1.165, 1.54) is 0 Å². The third kappa shape index (κ3) is 2.58. The van der Waals surface area contributed by atoms with Crippen LogP contribution in [0.25, 0.3) is 0 Å². The van der Waals surface area contributed by atoms with Gasteiger partial charge in [0.2, 0.25) is 0 Å². The van der Waals surface area contributed by atoms with Gasteiger partial charge < -0.3 is 9.47 Å². The van der Waals surface area contributed by atoms with Gasteiger partial charge in [-0.05, 0) is 19.1 Å². The molecule has 1 heterocycles. The summed E-state index contributed by atoms with van der Waals surface area (Å²) in [6, 6.07) is 7.11. The van der Waals surface area contributed by atoms with Gasteiger partial charge in [-0.15, -0.1) is 0 Å². The maximum absolute atomic E-state index is 12.7. The van der Waals surface area contributed by atoms with Gasteiger partial charge in [0.1, 0.15) is 5.60 Å². The molecule has 0 radical (unpaired) electrons. The molecule has 0 unspecified atom stereocenters. The van der Waals surface area contributed by atoms with Gasteiger partial charge in [0.05, 0.1) is 5.02 Å². The zero-order chi connectivity index (χ0) is 13.0. The highest BCUT2D eigenvalue weighted by Gasteiger charge is 2.41. The maximum atomic E-state index is 12.7. The molecule has 3 nitrogen and oxygen atoms in total. The van der Waals surface area contributed by atoms with Gasteiger partial charge in [0.15, 0.2) is 5.78 Å². The van der Waals surface area contributed by atoms with E-state index < -0.39 is 5.60 Å². The zero-order valence-electron chi connectivity index (χ0n) is 10.4. The van der Waals surface area contributed by atoms with E-state index in [0.717, 1.165) is 0 Å². The van der Waals surface area contributed by atoms with Crippen molar-refractivity contribution in [2.24, 2.45) is 0 Å². The Morgan fingerprint density at radius 3 is 2.67 bits per heavy atom. The lowest BCUT2D eigenvalue weighted by Gasteiger charge is -2.35. The normalized spacial score (nSPS) is 18.6. The Hall–Kier alpha value is -0.900. The average molecular weight is 269 g/mol. The van der Waals surface area contributed by atoms with Crippen LogP contribution in [0.3, 0.4) is 0 Å². The number of Topliss-reactive ketones (excluding diaryl/α,β-unsaturated/α-hetero) is 1. The molecule has 0 aliphatic carbocycles. The highest BCUT2D eigenvalue weighted by molar-refractivity contribution is 6.34. The van der Waals surface area contributed by atoms with Crippen molar-refractivity contribution in [3.8, 4) is 0 Å². The van der Waals surface area contributed by atoms with Gasteiger partial charge in [-0.1, -0.05) is 23.7 Å². The number of hydrogen-bond donors (Lipinski definition) is 0. The summed E-state index contributed by atoms with van der Waals surface area (Å²) in [5.41, 5.74) is -0.229. The molecule has 0 bridgehead atoms. The molecule has 1 aliphatic heterocycles. The van der Waals surface area contributed by atoms with Crippen LogP contribution in [-0.2, 0) is 9.47 Å². The third-order valence-corrected chi connectivity index (χ3v) is 3.58. The lowest BCUT2D eigenvalue weighted by atomic mass is 9.85. The molecule has 1 aromatic carbocycles. The Labute approximate surface area is 112 Å². The van der Waals surface area contributed by atoms with Crippen molar-refractivity contribution in [3.05, 3.63) is 34.9 Å². The van der Waals surface area contributed by atoms with Crippen molar-refractivity contribution in [1.82, 2.24) is 0 Å². The van der Waals surface area contributed by atoms with Crippen molar-refractivity contribution >= 4 is 17.4 Å². The fraction of sp³-hybridized carbons (Fsp3) is 0.500. The second kappa shape index (κ2) is 5.83. The lowest BCUT2D eigenvalue weighted by molar-refractivity contribution is -0.0822. The number of ether oxygens (including phenoxy) is 2. The molecule has 98 valence electrons. The van der Waals surface area contributed by atoms with E-state index in [4.69, 9.17) is 21.1 Å². The smallest absolute Gasteiger partial charge is 0.196 e. The van der Waals surface area contributed by atoms with Gasteiger partial charge in [-0.25, -0.2) is 0 Å². The predicted octanol–water partition coefficient (Wildman–Crippen LogP) is 3.11. The van der Waals surface area contributed by atoms with Crippen molar-refractivity contribution in [1.29, 1.82) is 0 Å². The second-order valence-electron chi connectivity index (χ2n) is 4.35. The number of carbonyl (C=O) groups is 1. The highest BCUT2D eigenvalue weighted by atomic mass is 35.5. The summed E-state index contributed by atoms with van der Waals surface area (Å²) < 4.78 is 11.1. The standard InChI is InChI=1S/C14H17ClO3/c1-2-18-14(7-9-17-10-8-14)13(16)11-5-3-4-6-12(11)15/h3-6H,2,7-10H2,1H3. The molecule has 0 atom stereocenters. The molecule has 0 aromatic heterocycles. The molecule has 1 saturated heterocycles. The molecular weight excluding hydrogens is 252 g/mol. The summed E-state index contributed by atoms with van der Waals surface area (Å²) in [6.07, 6.45) is 1.18. The number of halogens is 1. The van der Waals surface area contributed by atoms with Gasteiger partial charge >= 0.3 is 0 Å². The summed E-state index contributed by atoms with van der Waals surface area (Å²) in [7, 11) is 0. The molecule has 2 rings (SSSR count). The fourth-order valence-corrected chi connectivity index (χ4v) is 2.53. The predicted molar refractivity (Wildman–Crippen MR) is 70.2 cm³/mol. The molecule has 0 N–H and O–H groups in total. The van der Waals surface area contributed by atoms with E-state index in [2.05, 4.69) is 0 Å². The molecule has 4 heteroatoms. The van der Waals surface area contributed by atoms with E-state index in [9.17, 15) is 4.79 Å². The molecule has 0 amide bonds. The van der Waals surface area contributed by atoms with Gasteiger partial charge in [-0.3, -0.25) is 4.79 Å². The highest BCUT2D eigenvalue weighted by Crippen LogP contribution is 2.31. The summed E-state index contributed by atoms with van der Waals surface area (Å²) in [6.45, 7) is 3.51.